The number of rotatable bonds is 3. The fourth-order valence-electron chi connectivity index (χ4n) is 3.36. The normalized spacial score (nSPS) is 16.0. The van der Waals surface area contributed by atoms with Crippen molar-refractivity contribution in [1.29, 1.82) is 0 Å². The van der Waals surface area contributed by atoms with Gasteiger partial charge in [-0.25, -0.2) is 0 Å². The maximum Gasteiger partial charge on any atom is 0.284 e. The number of fused-ring (bicyclic) bond motifs is 1. The number of hydrogen-bond acceptors (Lipinski definition) is 4. The molecule has 4 rings (SSSR count). The second kappa shape index (κ2) is 6.36. The molecule has 1 amide bonds. The lowest BCUT2D eigenvalue weighted by molar-refractivity contribution is 0.0712. The van der Waals surface area contributed by atoms with Gasteiger partial charge in [-0.2, -0.15) is 0 Å². The number of carbonyl (C=O) groups excluding carboxylic acids is 1. The van der Waals surface area contributed by atoms with E-state index in [1.807, 2.05) is 18.0 Å². The van der Waals surface area contributed by atoms with Crippen molar-refractivity contribution in [2.45, 2.75) is 32.1 Å². The van der Waals surface area contributed by atoms with Gasteiger partial charge in [0, 0.05) is 24.8 Å². The molecule has 24 heavy (non-hydrogen) atoms. The molecule has 0 radical (unpaired) electrons. The lowest BCUT2D eigenvalue weighted by atomic mass is 9.89. The van der Waals surface area contributed by atoms with Crippen LogP contribution in [0.25, 0.3) is 10.9 Å². The van der Waals surface area contributed by atoms with Crippen molar-refractivity contribution >= 4 is 28.1 Å². The third-order valence-corrected chi connectivity index (χ3v) is 5.84. The van der Waals surface area contributed by atoms with E-state index in [2.05, 4.69) is 39.4 Å². The number of amides is 1. The largest absolute Gasteiger partial charge is 0.361 e. The highest BCUT2D eigenvalue weighted by Gasteiger charge is 2.26. The summed E-state index contributed by atoms with van der Waals surface area (Å²) in [5, 5.41) is 10.8. The van der Waals surface area contributed by atoms with E-state index in [-0.39, 0.29) is 5.91 Å². The van der Waals surface area contributed by atoms with Crippen LogP contribution in [0.4, 0.5) is 0 Å². The van der Waals surface area contributed by atoms with Crippen LogP contribution in [0.5, 0.6) is 0 Å². The summed E-state index contributed by atoms with van der Waals surface area (Å²) in [6, 6.07) is 8.74. The number of aromatic nitrogens is 3. The number of likely N-dealkylation sites (tertiary alicyclic amines) is 1. The van der Waals surface area contributed by atoms with E-state index in [1.165, 1.54) is 27.8 Å². The Labute approximate surface area is 144 Å². The summed E-state index contributed by atoms with van der Waals surface area (Å²) in [6.45, 7) is 3.60. The van der Waals surface area contributed by atoms with Crippen molar-refractivity contribution in [3.8, 4) is 0 Å². The van der Waals surface area contributed by atoms with Gasteiger partial charge in [0.25, 0.3) is 5.91 Å². The fraction of sp³-hybridized carbons (Fsp3) is 0.389. The summed E-state index contributed by atoms with van der Waals surface area (Å²) in [5.74, 6) is 0.556. The summed E-state index contributed by atoms with van der Waals surface area (Å²) in [5.41, 5.74) is 2.55. The quantitative estimate of drug-likeness (QED) is 0.792. The molecule has 0 spiro atoms. The van der Waals surface area contributed by atoms with Gasteiger partial charge in [-0.1, -0.05) is 24.3 Å². The number of benzene rings is 1. The van der Waals surface area contributed by atoms with Gasteiger partial charge in [-0.3, -0.25) is 4.79 Å². The summed E-state index contributed by atoms with van der Waals surface area (Å²) >= 11 is 1.42. The van der Waals surface area contributed by atoms with Crippen molar-refractivity contribution in [2.24, 2.45) is 0 Å². The van der Waals surface area contributed by atoms with Crippen molar-refractivity contribution in [3.05, 3.63) is 46.0 Å². The van der Waals surface area contributed by atoms with Gasteiger partial charge in [0.05, 0.1) is 0 Å². The maximum absolute atomic E-state index is 12.5. The van der Waals surface area contributed by atoms with Crippen LogP contribution in [0.1, 0.15) is 46.1 Å². The van der Waals surface area contributed by atoms with E-state index in [1.54, 1.807) is 0 Å². The first-order valence-electron chi connectivity index (χ1n) is 8.43. The average Bonchev–Trinajstić information content (AvgIpc) is 3.29. The molecule has 0 aliphatic carbocycles. The number of hydrogen-bond donors (Lipinski definition) is 1. The van der Waals surface area contributed by atoms with E-state index in [0.717, 1.165) is 37.4 Å². The van der Waals surface area contributed by atoms with Crippen molar-refractivity contribution < 1.29 is 4.79 Å². The highest BCUT2D eigenvalue weighted by Crippen LogP contribution is 2.30. The minimum Gasteiger partial charge on any atom is -0.361 e. The van der Waals surface area contributed by atoms with E-state index in [4.69, 9.17) is 0 Å². The molecule has 0 saturated carbocycles. The first-order valence-corrected chi connectivity index (χ1v) is 9.25. The lowest BCUT2D eigenvalue weighted by Crippen LogP contribution is -2.37. The Morgan fingerprint density at radius 1 is 1.29 bits per heavy atom. The van der Waals surface area contributed by atoms with Gasteiger partial charge in [0.15, 0.2) is 0 Å². The number of piperidine rings is 1. The molecule has 1 N–H and O–H groups in total. The van der Waals surface area contributed by atoms with Gasteiger partial charge in [-0.15, -0.1) is 10.2 Å². The first-order chi connectivity index (χ1) is 11.7. The second-order valence-electron chi connectivity index (χ2n) is 6.25. The number of nitrogens with one attached hydrogen (secondary N) is 1. The van der Waals surface area contributed by atoms with E-state index < -0.39 is 0 Å². The number of aryl methyl sites for hydroxylation is 1. The maximum atomic E-state index is 12.5. The predicted octanol–water partition coefficient (Wildman–Crippen LogP) is 3.60. The van der Waals surface area contributed by atoms with E-state index in [0.29, 0.717) is 10.9 Å². The summed E-state index contributed by atoms with van der Waals surface area (Å²) in [4.78, 5) is 17.7. The SMILES string of the molecule is CCc1nnc(C(=O)N2CCC(c3ccc4[nH]ccc4c3)CC2)s1. The van der Waals surface area contributed by atoms with Crippen LogP contribution < -0.4 is 0 Å². The monoisotopic (exact) mass is 340 g/mol. The van der Waals surface area contributed by atoms with Gasteiger partial charge >= 0.3 is 0 Å². The Bertz CT molecular complexity index is 861. The van der Waals surface area contributed by atoms with Crippen molar-refractivity contribution in [3.63, 3.8) is 0 Å². The Morgan fingerprint density at radius 2 is 2.12 bits per heavy atom. The van der Waals surface area contributed by atoms with E-state index >= 15 is 0 Å². The second-order valence-corrected chi connectivity index (χ2v) is 7.31. The molecule has 124 valence electrons. The third kappa shape index (κ3) is 2.82. The molecule has 0 bridgehead atoms. The molecule has 5 nitrogen and oxygen atoms in total. The van der Waals surface area contributed by atoms with Gasteiger partial charge < -0.3 is 9.88 Å². The van der Waals surface area contributed by atoms with Crippen molar-refractivity contribution in [2.75, 3.05) is 13.1 Å². The van der Waals surface area contributed by atoms with Gasteiger partial charge in [0.1, 0.15) is 5.01 Å². The minimum absolute atomic E-state index is 0.0340. The van der Waals surface area contributed by atoms with Crippen LogP contribution >= 0.6 is 11.3 Å². The molecule has 1 aliphatic heterocycles. The molecule has 6 heteroatoms. The molecule has 3 heterocycles. The summed E-state index contributed by atoms with van der Waals surface area (Å²) < 4.78 is 0. The Kier molecular flexibility index (Phi) is 4.06. The van der Waals surface area contributed by atoms with Crippen LogP contribution in [0.3, 0.4) is 0 Å². The summed E-state index contributed by atoms with van der Waals surface area (Å²) in [7, 11) is 0. The van der Waals surface area contributed by atoms with Gasteiger partial charge in [-0.05, 0) is 54.3 Å². The molecule has 1 aliphatic rings. The fourth-order valence-corrected chi connectivity index (χ4v) is 4.11. The molecule has 1 fully saturated rings. The molecule has 2 aromatic heterocycles. The van der Waals surface area contributed by atoms with Gasteiger partial charge in [0.2, 0.25) is 5.01 Å². The van der Waals surface area contributed by atoms with Crippen LogP contribution in [-0.4, -0.2) is 39.1 Å². The number of aromatic amines is 1. The number of carbonyl (C=O) groups is 1. The van der Waals surface area contributed by atoms with Crippen LogP contribution in [0.15, 0.2) is 30.5 Å². The zero-order valence-corrected chi connectivity index (χ0v) is 14.5. The highest BCUT2D eigenvalue weighted by molar-refractivity contribution is 7.13. The van der Waals surface area contributed by atoms with Crippen LogP contribution in [0.2, 0.25) is 0 Å². The molecule has 0 unspecified atom stereocenters. The average molecular weight is 340 g/mol. The first kappa shape index (κ1) is 15.3. The predicted molar refractivity (Wildman–Crippen MR) is 95.5 cm³/mol. The Morgan fingerprint density at radius 3 is 2.88 bits per heavy atom. The zero-order valence-electron chi connectivity index (χ0n) is 13.7. The number of nitrogens with zero attached hydrogens (tertiary/aromatic N) is 3. The molecule has 1 aromatic carbocycles. The third-order valence-electron chi connectivity index (χ3n) is 4.78. The Balaban J connectivity index is 1.43. The number of H-pyrrole nitrogens is 1. The zero-order chi connectivity index (χ0) is 16.5. The minimum atomic E-state index is 0.0340. The molecule has 0 atom stereocenters. The standard InChI is InChI=1S/C18H20N4OS/c1-2-16-20-21-17(24-16)18(23)22-9-6-12(7-10-22)13-3-4-15-14(11-13)5-8-19-15/h3-5,8,11-12,19H,2,6-7,9-10H2,1H3. The lowest BCUT2D eigenvalue weighted by Gasteiger charge is -2.31. The van der Waals surface area contributed by atoms with Crippen LogP contribution in [-0.2, 0) is 6.42 Å². The van der Waals surface area contributed by atoms with Crippen molar-refractivity contribution in [1.82, 2.24) is 20.1 Å². The Hall–Kier alpha value is -2.21. The van der Waals surface area contributed by atoms with Crippen LogP contribution in [0, 0.1) is 0 Å². The molecular weight excluding hydrogens is 320 g/mol. The topological polar surface area (TPSA) is 61.9 Å². The molecule has 1 saturated heterocycles. The molecule has 3 aromatic rings. The van der Waals surface area contributed by atoms with E-state index in [9.17, 15) is 4.79 Å². The summed E-state index contributed by atoms with van der Waals surface area (Å²) in [6.07, 6.45) is 4.80. The smallest absolute Gasteiger partial charge is 0.284 e. The highest BCUT2D eigenvalue weighted by atomic mass is 32.1. The molecular formula is C18H20N4OS.